The van der Waals surface area contributed by atoms with E-state index < -0.39 is 4.92 Å². The molecule has 0 amide bonds. The molecule has 2 aromatic rings. The Morgan fingerprint density at radius 1 is 0.880 bits per heavy atom. The van der Waals surface area contributed by atoms with E-state index in [0.717, 1.165) is 11.8 Å². The largest absolute Gasteiger partial charge is 0.493 e. The third-order valence-electron chi connectivity index (χ3n) is 3.62. The Kier molecular flexibility index (Phi) is 5.84. The quantitative estimate of drug-likeness (QED) is 0.563. The lowest BCUT2D eigenvalue weighted by molar-refractivity contribution is -0.400. The van der Waals surface area contributed by atoms with Crippen LogP contribution in [0.1, 0.15) is 5.56 Å². The molecule has 25 heavy (non-hydrogen) atoms. The molecule has 0 fully saturated rings. The summed E-state index contributed by atoms with van der Waals surface area (Å²) in [6.45, 7) is 0. The van der Waals surface area contributed by atoms with Crippen LogP contribution in [0.15, 0.2) is 36.5 Å². The summed E-state index contributed by atoms with van der Waals surface area (Å²) in [5.41, 5.74) is 2.06. The van der Waals surface area contributed by atoms with Crippen molar-refractivity contribution < 1.29 is 23.9 Å². The van der Waals surface area contributed by atoms with Gasteiger partial charge in [0.25, 0.3) is 0 Å². The van der Waals surface area contributed by atoms with Gasteiger partial charge in [0.1, 0.15) is 0 Å². The SMILES string of the molecule is COc1cc(-c2ccccc2C=C[N+](=O)[O-])c(OC)c(OC)c1OC. The second-order valence-electron chi connectivity index (χ2n) is 4.91. The van der Waals surface area contributed by atoms with Gasteiger partial charge in [-0.25, -0.2) is 0 Å². The minimum Gasteiger partial charge on any atom is -0.493 e. The molecule has 0 unspecified atom stereocenters. The van der Waals surface area contributed by atoms with E-state index >= 15 is 0 Å². The van der Waals surface area contributed by atoms with E-state index in [9.17, 15) is 10.1 Å². The zero-order chi connectivity index (χ0) is 18.4. The summed E-state index contributed by atoms with van der Waals surface area (Å²) in [7, 11) is 6.05. The zero-order valence-electron chi connectivity index (χ0n) is 14.4. The van der Waals surface area contributed by atoms with Crippen molar-refractivity contribution in [2.45, 2.75) is 0 Å². The molecular formula is C18H19NO6. The van der Waals surface area contributed by atoms with Gasteiger partial charge in [0.05, 0.1) is 33.4 Å². The van der Waals surface area contributed by atoms with Crippen LogP contribution in [0.5, 0.6) is 23.0 Å². The Balaban J connectivity index is 2.77. The Morgan fingerprint density at radius 3 is 2.08 bits per heavy atom. The van der Waals surface area contributed by atoms with E-state index in [4.69, 9.17) is 18.9 Å². The molecule has 0 radical (unpaired) electrons. The molecule has 2 aromatic carbocycles. The topological polar surface area (TPSA) is 80.1 Å². The second kappa shape index (κ2) is 8.05. The molecule has 0 atom stereocenters. The molecule has 132 valence electrons. The molecule has 0 saturated heterocycles. The van der Waals surface area contributed by atoms with Crippen molar-refractivity contribution in [3.05, 3.63) is 52.2 Å². The summed E-state index contributed by atoms with van der Waals surface area (Å²) < 4.78 is 21.7. The van der Waals surface area contributed by atoms with Gasteiger partial charge in [-0.3, -0.25) is 10.1 Å². The first-order valence-corrected chi connectivity index (χ1v) is 7.35. The van der Waals surface area contributed by atoms with Crippen LogP contribution in [0.2, 0.25) is 0 Å². The first-order chi connectivity index (χ1) is 12.1. The predicted molar refractivity (Wildman–Crippen MR) is 94.1 cm³/mol. The summed E-state index contributed by atoms with van der Waals surface area (Å²) in [6.07, 6.45) is 2.32. The van der Waals surface area contributed by atoms with Gasteiger partial charge in [-0.05, 0) is 17.2 Å². The van der Waals surface area contributed by atoms with Gasteiger partial charge in [0.2, 0.25) is 17.7 Å². The molecule has 7 nitrogen and oxygen atoms in total. The highest BCUT2D eigenvalue weighted by Crippen LogP contribution is 2.50. The molecule has 7 heteroatoms. The number of nitro groups is 1. The fourth-order valence-corrected chi connectivity index (χ4v) is 2.56. The van der Waals surface area contributed by atoms with Crippen LogP contribution in [0.3, 0.4) is 0 Å². The highest BCUT2D eigenvalue weighted by atomic mass is 16.6. The molecule has 0 heterocycles. The first-order valence-electron chi connectivity index (χ1n) is 7.35. The van der Waals surface area contributed by atoms with Gasteiger partial charge < -0.3 is 18.9 Å². The van der Waals surface area contributed by atoms with Gasteiger partial charge in [-0.2, -0.15) is 0 Å². The van der Waals surface area contributed by atoms with Gasteiger partial charge in [-0.1, -0.05) is 24.3 Å². The molecule has 0 aliphatic rings. The van der Waals surface area contributed by atoms with Gasteiger partial charge in [0, 0.05) is 11.6 Å². The standard InChI is InChI=1S/C18H19NO6/c1-22-15-11-14(16(23-2)18(25-4)17(15)24-3)13-8-6-5-7-12(13)9-10-19(20)21/h5-11H,1-4H3. The highest BCUT2D eigenvalue weighted by Gasteiger charge is 2.23. The van der Waals surface area contributed by atoms with E-state index in [1.165, 1.54) is 34.5 Å². The van der Waals surface area contributed by atoms with E-state index in [1.54, 1.807) is 18.2 Å². The lowest BCUT2D eigenvalue weighted by Gasteiger charge is -2.19. The number of benzene rings is 2. The molecule has 0 N–H and O–H groups in total. The number of nitrogens with zero attached hydrogens (tertiary/aromatic N) is 1. The maximum atomic E-state index is 10.7. The van der Waals surface area contributed by atoms with E-state index in [0.29, 0.717) is 34.1 Å². The molecule has 2 rings (SSSR count). The van der Waals surface area contributed by atoms with Crippen molar-refractivity contribution in [2.24, 2.45) is 0 Å². The monoisotopic (exact) mass is 345 g/mol. The van der Waals surface area contributed by atoms with E-state index in [2.05, 4.69) is 0 Å². The molecule has 0 saturated carbocycles. The maximum Gasteiger partial charge on any atom is 0.235 e. The van der Waals surface area contributed by atoms with E-state index in [1.807, 2.05) is 12.1 Å². The minimum absolute atomic E-state index is 0.382. The Hall–Kier alpha value is -3.22. The Bertz CT molecular complexity index is 800. The van der Waals surface area contributed by atoms with Crippen LogP contribution in [-0.2, 0) is 0 Å². The van der Waals surface area contributed by atoms with Gasteiger partial charge >= 0.3 is 0 Å². The van der Waals surface area contributed by atoms with Crippen molar-refractivity contribution in [3.63, 3.8) is 0 Å². The normalized spacial score (nSPS) is 10.6. The number of hydrogen-bond acceptors (Lipinski definition) is 6. The Labute approximate surface area is 145 Å². The summed E-state index contributed by atoms with van der Waals surface area (Å²) in [4.78, 5) is 10.2. The molecular weight excluding hydrogens is 326 g/mol. The fraction of sp³-hybridized carbons (Fsp3) is 0.222. The van der Waals surface area contributed by atoms with Crippen LogP contribution in [0.25, 0.3) is 17.2 Å². The summed E-state index contributed by atoms with van der Waals surface area (Å²) in [6, 6.07) is 8.99. The predicted octanol–water partition coefficient (Wildman–Crippen LogP) is 3.64. The molecule has 0 aromatic heterocycles. The summed E-state index contributed by atoms with van der Waals surface area (Å²) in [5, 5.41) is 10.7. The van der Waals surface area contributed by atoms with Crippen molar-refractivity contribution in [1.29, 1.82) is 0 Å². The fourth-order valence-electron chi connectivity index (χ4n) is 2.56. The van der Waals surface area contributed by atoms with E-state index in [-0.39, 0.29) is 0 Å². The number of hydrogen-bond donors (Lipinski definition) is 0. The van der Waals surface area contributed by atoms with Crippen molar-refractivity contribution in [1.82, 2.24) is 0 Å². The average molecular weight is 345 g/mol. The summed E-state index contributed by atoms with van der Waals surface area (Å²) in [5.74, 6) is 1.70. The van der Waals surface area contributed by atoms with Gasteiger partial charge in [0.15, 0.2) is 11.5 Å². The van der Waals surface area contributed by atoms with Crippen LogP contribution in [0, 0.1) is 10.1 Å². The van der Waals surface area contributed by atoms with Crippen LogP contribution >= 0.6 is 0 Å². The first kappa shape index (κ1) is 18.1. The smallest absolute Gasteiger partial charge is 0.235 e. The molecule has 0 aliphatic heterocycles. The lowest BCUT2D eigenvalue weighted by atomic mass is 9.97. The number of ether oxygens (including phenoxy) is 4. The van der Waals surface area contributed by atoms with Crippen LogP contribution < -0.4 is 18.9 Å². The molecule has 0 spiro atoms. The van der Waals surface area contributed by atoms with Gasteiger partial charge in [-0.15, -0.1) is 0 Å². The average Bonchev–Trinajstić information content (AvgIpc) is 2.64. The molecule has 0 aliphatic carbocycles. The van der Waals surface area contributed by atoms with Crippen molar-refractivity contribution in [2.75, 3.05) is 28.4 Å². The number of rotatable bonds is 7. The highest BCUT2D eigenvalue weighted by molar-refractivity contribution is 5.84. The van der Waals surface area contributed by atoms with Crippen LogP contribution in [0.4, 0.5) is 0 Å². The summed E-state index contributed by atoms with van der Waals surface area (Å²) >= 11 is 0. The van der Waals surface area contributed by atoms with Crippen LogP contribution in [-0.4, -0.2) is 33.4 Å². The van der Waals surface area contributed by atoms with Crippen molar-refractivity contribution >= 4 is 6.08 Å². The molecule has 0 bridgehead atoms. The minimum atomic E-state index is -0.511. The lowest BCUT2D eigenvalue weighted by Crippen LogP contribution is -2.00. The second-order valence-corrected chi connectivity index (χ2v) is 4.91. The maximum absolute atomic E-state index is 10.7. The van der Waals surface area contributed by atoms with Crippen molar-refractivity contribution in [3.8, 4) is 34.1 Å². The number of methoxy groups -OCH3 is 4. The zero-order valence-corrected chi connectivity index (χ0v) is 14.4. The third-order valence-corrected chi connectivity index (χ3v) is 3.62. The third kappa shape index (κ3) is 3.65. The Morgan fingerprint density at radius 2 is 1.52 bits per heavy atom.